The summed E-state index contributed by atoms with van der Waals surface area (Å²) >= 11 is 0. The van der Waals surface area contributed by atoms with Crippen LogP contribution < -0.4 is 0 Å². The second kappa shape index (κ2) is 9.53. The van der Waals surface area contributed by atoms with Crippen LogP contribution >= 0.6 is 0 Å². The molecule has 1 aliphatic rings. The monoisotopic (exact) mass is 438 g/mol. The average molecular weight is 438 g/mol. The van der Waals surface area contributed by atoms with E-state index < -0.39 is 5.41 Å². The summed E-state index contributed by atoms with van der Waals surface area (Å²) in [5.41, 5.74) is 1.82. The maximum Gasteiger partial charge on any atom is 0.312 e. The number of aromatic nitrogens is 1. The molecule has 0 spiro atoms. The van der Waals surface area contributed by atoms with E-state index in [0.29, 0.717) is 37.3 Å². The number of hydrogen-bond donors (Lipinski definition) is 1. The SMILES string of the molecule is CCOC(=O)C1(Cc2cc(-c3ccc(F)cc3)no2)CCN(Cc2ccc(O)cc2)CC1. The van der Waals surface area contributed by atoms with Gasteiger partial charge < -0.3 is 14.4 Å². The molecular formula is C25H27FN2O4. The number of aromatic hydroxyl groups is 1. The van der Waals surface area contributed by atoms with Crippen LogP contribution in [0.4, 0.5) is 4.39 Å². The minimum Gasteiger partial charge on any atom is -0.508 e. The van der Waals surface area contributed by atoms with Crippen molar-refractivity contribution < 1.29 is 23.6 Å². The van der Waals surface area contributed by atoms with Gasteiger partial charge in [0.05, 0.1) is 12.0 Å². The minimum atomic E-state index is -0.666. The fourth-order valence-electron chi connectivity index (χ4n) is 4.22. The van der Waals surface area contributed by atoms with E-state index in [-0.39, 0.29) is 17.5 Å². The molecule has 2 heterocycles. The second-order valence-electron chi connectivity index (χ2n) is 8.31. The predicted octanol–water partition coefficient (Wildman–Crippen LogP) is 4.57. The second-order valence-corrected chi connectivity index (χ2v) is 8.31. The third-order valence-corrected chi connectivity index (χ3v) is 6.08. The lowest BCUT2D eigenvalue weighted by Gasteiger charge is -2.39. The summed E-state index contributed by atoms with van der Waals surface area (Å²) in [5.74, 6) is 0.354. The van der Waals surface area contributed by atoms with Gasteiger partial charge in [0.2, 0.25) is 0 Å². The van der Waals surface area contributed by atoms with E-state index >= 15 is 0 Å². The first-order valence-corrected chi connectivity index (χ1v) is 10.9. The molecule has 6 nitrogen and oxygen atoms in total. The Bertz CT molecular complexity index is 1040. The molecule has 1 aromatic heterocycles. The lowest BCUT2D eigenvalue weighted by molar-refractivity contribution is -0.159. The summed E-state index contributed by atoms with van der Waals surface area (Å²) in [5, 5.41) is 13.6. The Hall–Kier alpha value is -3.19. The zero-order valence-electron chi connectivity index (χ0n) is 18.1. The molecule has 0 unspecified atom stereocenters. The highest BCUT2D eigenvalue weighted by Gasteiger charge is 2.43. The maximum absolute atomic E-state index is 13.2. The van der Waals surface area contributed by atoms with Crippen molar-refractivity contribution in [2.45, 2.75) is 32.7 Å². The Morgan fingerprint density at radius 1 is 1.16 bits per heavy atom. The van der Waals surface area contributed by atoms with Crippen LogP contribution in [0.2, 0.25) is 0 Å². The first kappa shape index (κ1) is 22.0. The van der Waals surface area contributed by atoms with Gasteiger partial charge >= 0.3 is 5.97 Å². The van der Waals surface area contributed by atoms with Gasteiger partial charge in [0.15, 0.2) is 0 Å². The number of ether oxygens (including phenoxy) is 1. The smallest absolute Gasteiger partial charge is 0.312 e. The summed E-state index contributed by atoms with van der Waals surface area (Å²) in [7, 11) is 0. The third-order valence-electron chi connectivity index (χ3n) is 6.08. The van der Waals surface area contributed by atoms with E-state index in [1.165, 1.54) is 12.1 Å². The normalized spacial score (nSPS) is 16.1. The van der Waals surface area contributed by atoms with Crippen molar-refractivity contribution in [2.24, 2.45) is 5.41 Å². The quantitative estimate of drug-likeness (QED) is 0.545. The Kier molecular flexibility index (Phi) is 6.55. The number of phenols is 1. The first-order chi connectivity index (χ1) is 15.5. The van der Waals surface area contributed by atoms with Crippen LogP contribution in [-0.4, -0.2) is 40.8 Å². The number of carbonyl (C=O) groups is 1. The average Bonchev–Trinajstić information content (AvgIpc) is 3.25. The van der Waals surface area contributed by atoms with Crippen LogP contribution in [-0.2, 0) is 22.5 Å². The Morgan fingerprint density at radius 2 is 1.84 bits per heavy atom. The summed E-state index contributed by atoms with van der Waals surface area (Å²) in [6.45, 7) is 4.40. The predicted molar refractivity (Wildman–Crippen MR) is 117 cm³/mol. The number of esters is 1. The van der Waals surface area contributed by atoms with Crippen molar-refractivity contribution >= 4 is 5.97 Å². The van der Waals surface area contributed by atoms with Crippen molar-refractivity contribution in [3.05, 3.63) is 71.7 Å². The number of hydrogen-bond acceptors (Lipinski definition) is 6. The van der Waals surface area contributed by atoms with Crippen molar-refractivity contribution in [3.63, 3.8) is 0 Å². The first-order valence-electron chi connectivity index (χ1n) is 10.9. The van der Waals surface area contributed by atoms with Crippen LogP contribution in [0.25, 0.3) is 11.3 Å². The molecule has 3 aromatic rings. The number of benzene rings is 2. The van der Waals surface area contributed by atoms with Gasteiger partial charge in [-0.05, 0) is 74.8 Å². The lowest BCUT2D eigenvalue weighted by atomic mass is 9.74. The van der Waals surface area contributed by atoms with Crippen LogP contribution in [0.3, 0.4) is 0 Å². The van der Waals surface area contributed by atoms with E-state index in [4.69, 9.17) is 9.26 Å². The highest BCUT2D eigenvalue weighted by atomic mass is 19.1. The van der Waals surface area contributed by atoms with E-state index in [1.54, 1.807) is 24.3 Å². The van der Waals surface area contributed by atoms with Crippen LogP contribution in [0.15, 0.2) is 59.1 Å². The summed E-state index contributed by atoms with van der Waals surface area (Å²) in [4.78, 5) is 15.3. The number of halogens is 1. The molecule has 168 valence electrons. The molecule has 0 amide bonds. The number of carbonyl (C=O) groups excluding carboxylic acids is 1. The van der Waals surface area contributed by atoms with Crippen molar-refractivity contribution in [1.29, 1.82) is 0 Å². The Labute approximate surface area is 186 Å². The van der Waals surface area contributed by atoms with Gasteiger partial charge in [-0.2, -0.15) is 0 Å². The van der Waals surface area contributed by atoms with Gasteiger partial charge in [0, 0.05) is 24.6 Å². The highest BCUT2D eigenvalue weighted by Crippen LogP contribution is 2.38. The standard InChI is InChI=1S/C25H27FN2O4/c1-2-31-24(30)25(11-13-28(14-12-25)17-18-3-9-21(29)10-4-18)16-22-15-23(27-32-22)19-5-7-20(26)8-6-19/h3-10,15,29H,2,11-14,16-17H2,1H3. The molecule has 1 N–H and O–H groups in total. The highest BCUT2D eigenvalue weighted by molar-refractivity contribution is 5.77. The van der Waals surface area contributed by atoms with Gasteiger partial charge in [-0.25, -0.2) is 4.39 Å². The van der Waals surface area contributed by atoms with Gasteiger partial charge in [-0.15, -0.1) is 0 Å². The summed E-state index contributed by atoms with van der Waals surface area (Å²) in [6.07, 6.45) is 1.71. The van der Waals surface area contributed by atoms with Gasteiger partial charge in [-0.3, -0.25) is 9.69 Å². The molecular weight excluding hydrogens is 411 g/mol. The van der Waals surface area contributed by atoms with Gasteiger partial charge in [-0.1, -0.05) is 17.3 Å². The van der Waals surface area contributed by atoms with Crippen LogP contribution in [0, 0.1) is 11.2 Å². The number of phenolic OH excluding ortho intramolecular Hbond substituents is 1. The van der Waals surface area contributed by atoms with E-state index in [9.17, 15) is 14.3 Å². The van der Waals surface area contributed by atoms with E-state index in [2.05, 4.69) is 10.1 Å². The van der Waals surface area contributed by atoms with Gasteiger partial charge in [0.25, 0.3) is 0 Å². The van der Waals surface area contributed by atoms with Crippen molar-refractivity contribution in [3.8, 4) is 17.0 Å². The number of piperidine rings is 1. The molecule has 1 fully saturated rings. The molecule has 0 aliphatic carbocycles. The Balaban J connectivity index is 1.46. The zero-order valence-corrected chi connectivity index (χ0v) is 18.1. The van der Waals surface area contributed by atoms with Crippen molar-refractivity contribution in [1.82, 2.24) is 10.1 Å². The number of rotatable bonds is 7. The number of likely N-dealkylation sites (tertiary alicyclic amines) is 1. The molecule has 2 aromatic carbocycles. The maximum atomic E-state index is 13.2. The fraction of sp³-hybridized carbons (Fsp3) is 0.360. The molecule has 0 saturated carbocycles. The molecule has 7 heteroatoms. The third kappa shape index (κ3) is 4.99. The van der Waals surface area contributed by atoms with Gasteiger partial charge in [0.1, 0.15) is 23.0 Å². The molecule has 32 heavy (non-hydrogen) atoms. The molecule has 1 aliphatic heterocycles. The largest absolute Gasteiger partial charge is 0.508 e. The van der Waals surface area contributed by atoms with E-state index in [0.717, 1.165) is 30.8 Å². The fourth-order valence-corrected chi connectivity index (χ4v) is 4.22. The molecule has 0 atom stereocenters. The molecule has 0 radical (unpaired) electrons. The Morgan fingerprint density at radius 3 is 2.50 bits per heavy atom. The van der Waals surface area contributed by atoms with Crippen LogP contribution in [0.1, 0.15) is 31.1 Å². The number of nitrogens with zero attached hydrogens (tertiary/aromatic N) is 2. The lowest BCUT2D eigenvalue weighted by Crippen LogP contribution is -2.46. The molecule has 1 saturated heterocycles. The molecule has 0 bridgehead atoms. The minimum absolute atomic E-state index is 0.205. The summed E-state index contributed by atoms with van der Waals surface area (Å²) in [6, 6.07) is 15.1. The van der Waals surface area contributed by atoms with Crippen molar-refractivity contribution in [2.75, 3.05) is 19.7 Å². The zero-order chi connectivity index (χ0) is 22.6. The molecule has 4 rings (SSSR count). The van der Waals surface area contributed by atoms with E-state index in [1.807, 2.05) is 25.1 Å². The summed E-state index contributed by atoms with van der Waals surface area (Å²) < 4.78 is 24.2. The topological polar surface area (TPSA) is 75.8 Å². The van der Waals surface area contributed by atoms with Crippen LogP contribution in [0.5, 0.6) is 5.75 Å².